The van der Waals surface area contributed by atoms with Gasteiger partial charge in [-0.25, -0.2) is 9.78 Å². The molecule has 0 fully saturated rings. The van der Waals surface area contributed by atoms with Gasteiger partial charge in [0.25, 0.3) is 0 Å². The molecule has 90 valence electrons. The lowest BCUT2D eigenvalue weighted by atomic mass is 10.4. The van der Waals surface area contributed by atoms with Crippen LogP contribution in [0.1, 0.15) is 20.9 Å². The quantitative estimate of drug-likeness (QED) is 0.807. The zero-order valence-corrected chi connectivity index (χ0v) is 10.3. The molecule has 0 unspecified atom stereocenters. The highest BCUT2D eigenvalue weighted by Crippen LogP contribution is 2.22. The predicted molar refractivity (Wildman–Crippen MR) is 64.1 cm³/mol. The number of carbonyl (C=O) groups is 1. The maximum atomic E-state index is 11.4. The predicted octanol–water partition coefficient (Wildman–Crippen LogP) is 1.57. The number of rotatable bonds is 4. The van der Waals surface area contributed by atoms with E-state index in [4.69, 9.17) is 0 Å². The number of esters is 1. The zero-order valence-electron chi connectivity index (χ0n) is 9.48. The van der Waals surface area contributed by atoms with E-state index < -0.39 is 5.97 Å². The van der Waals surface area contributed by atoms with E-state index in [0.717, 1.165) is 10.4 Å². The molecular weight excluding hydrogens is 240 g/mol. The highest BCUT2D eigenvalue weighted by atomic mass is 32.1. The summed E-state index contributed by atoms with van der Waals surface area (Å²) < 4.78 is 4.64. The number of methoxy groups -OCH3 is 1. The van der Waals surface area contributed by atoms with Gasteiger partial charge in [-0.15, -0.1) is 11.3 Å². The molecule has 7 heteroatoms. The SMILES string of the molecule is COC(=O)c1nc(NCc2cn[nH]c2)sc1C. The molecule has 2 N–H and O–H groups in total. The number of aryl methyl sites for hydroxylation is 1. The number of carbonyl (C=O) groups excluding carboxylic acids is 1. The molecule has 17 heavy (non-hydrogen) atoms. The fourth-order valence-corrected chi connectivity index (χ4v) is 2.11. The Hall–Kier alpha value is -1.89. The lowest BCUT2D eigenvalue weighted by molar-refractivity contribution is 0.0594. The van der Waals surface area contributed by atoms with Gasteiger partial charge in [-0.1, -0.05) is 0 Å². The summed E-state index contributed by atoms with van der Waals surface area (Å²) in [5.74, 6) is -0.407. The summed E-state index contributed by atoms with van der Waals surface area (Å²) >= 11 is 1.43. The number of hydrogen-bond acceptors (Lipinski definition) is 6. The van der Waals surface area contributed by atoms with Crippen LogP contribution in [0, 0.1) is 6.92 Å². The van der Waals surface area contributed by atoms with Gasteiger partial charge < -0.3 is 10.1 Å². The second-order valence-electron chi connectivity index (χ2n) is 3.38. The molecule has 2 aromatic rings. The van der Waals surface area contributed by atoms with E-state index in [1.165, 1.54) is 18.4 Å². The molecule has 2 heterocycles. The van der Waals surface area contributed by atoms with Gasteiger partial charge in [0.15, 0.2) is 10.8 Å². The van der Waals surface area contributed by atoms with Gasteiger partial charge >= 0.3 is 5.97 Å². The lowest BCUT2D eigenvalue weighted by Crippen LogP contribution is -2.04. The minimum atomic E-state index is -0.407. The number of nitrogens with zero attached hydrogens (tertiary/aromatic N) is 2. The molecule has 2 aromatic heterocycles. The molecule has 0 aliphatic carbocycles. The highest BCUT2D eigenvalue weighted by molar-refractivity contribution is 7.15. The van der Waals surface area contributed by atoms with Gasteiger partial charge in [0.2, 0.25) is 0 Å². The van der Waals surface area contributed by atoms with E-state index in [1.807, 2.05) is 6.92 Å². The minimum absolute atomic E-state index is 0.368. The Kier molecular flexibility index (Phi) is 3.38. The number of hydrogen-bond donors (Lipinski definition) is 2. The molecule has 0 aromatic carbocycles. The molecule has 0 bridgehead atoms. The molecular formula is C10H12N4O2S. The average Bonchev–Trinajstić information content (AvgIpc) is 2.94. The first-order chi connectivity index (χ1) is 8.20. The highest BCUT2D eigenvalue weighted by Gasteiger charge is 2.15. The van der Waals surface area contributed by atoms with Crippen molar-refractivity contribution in [1.29, 1.82) is 0 Å². The van der Waals surface area contributed by atoms with Gasteiger partial charge in [0.05, 0.1) is 13.3 Å². The van der Waals surface area contributed by atoms with E-state index in [1.54, 1.807) is 12.4 Å². The van der Waals surface area contributed by atoms with Gasteiger partial charge in [-0.05, 0) is 6.92 Å². The van der Waals surface area contributed by atoms with Crippen LogP contribution in [0.25, 0.3) is 0 Å². The van der Waals surface area contributed by atoms with Crippen LogP contribution < -0.4 is 5.32 Å². The summed E-state index contributed by atoms with van der Waals surface area (Å²) in [6, 6.07) is 0. The third-order valence-electron chi connectivity index (χ3n) is 2.17. The maximum absolute atomic E-state index is 11.4. The van der Waals surface area contributed by atoms with Crippen molar-refractivity contribution in [2.75, 3.05) is 12.4 Å². The monoisotopic (exact) mass is 252 g/mol. The molecule has 0 aliphatic rings. The second-order valence-corrected chi connectivity index (χ2v) is 4.58. The van der Waals surface area contributed by atoms with E-state index >= 15 is 0 Å². The van der Waals surface area contributed by atoms with E-state index in [9.17, 15) is 4.79 Å². The van der Waals surface area contributed by atoms with Gasteiger partial charge in [0.1, 0.15) is 0 Å². The van der Waals surface area contributed by atoms with Crippen molar-refractivity contribution >= 4 is 22.4 Å². The van der Waals surface area contributed by atoms with Gasteiger partial charge in [-0.3, -0.25) is 5.10 Å². The van der Waals surface area contributed by atoms with Gasteiger partial charge in [0, 0.05) is 23.2 Å². The van der Waals surface area contributed by atoms with Crippen LogP contribution in [-0.4, -0.2) is 28.3 Å². The summed E-state index contributed by atoms with van der Waals surface area (Å²) in [4.78, 5) is 16.4. The molecule has 0 saturated heterocycles. The number of thiazole rings is 1. The van der Waals surface area contributed by atoms with Crippen molar-refractivity contribution in [3.8, 4) is 0 Å². The fourth-order valence-electron chi connectivity index (χ4n) is 1.31. The fraction of sp³-hybridized carbons (Fsp3) is 0.300. The van der Waals surface area contributed by atoms with E-state index in [-0.39, 0.29) is 0 Å². The summed E-state index contributed by atoms with van der Waals surface area (Å²) in [7, 11) is 1.35. The Morgan fingerprint density at radius 3 is 3.12 bits per heavy atom. The molecule has 6 nitrogen and oxygen atoms in total. The van der Waals surface area contributed by atoms with Crippen molar-refractivity contribution in [3.05, 3.63) is 28.5 Å². The van der Waals surface area contributed by atoms with Crippen LogP contribution in [-0.2, 0) is 11.3 Å². The van der Waals surface area contributed by atoms with Crippen LogP contribution in [0.5, 0.6) is 0 Å². The average molecular weight is 252 g/mol. The van der Waals surface area contributed by atoms with E-state index in [2.05, 4.69) is 25.2 Å². The molecule has 0 saturated carbocycles. The first-order valence-corrected chi connectivity index (χ1v) is 5.79. The topological polar surface area (TPSA) is 79.9 Å². The van der Waals surface area contributed by atoms with Crippen molar-refractivity contribution in [1.82, 2.24) is 15.2 Å². The normalized spacial score (nSPS) is 10.2. The van der Waals surface area contributed by atoms with Crippen molar-refractivity contribution in [2.45, 2.75) is 13.5 Å². The van der Waals surface area contributed by atoms with Crippen molar-refractivity contribution in [2.24, 2.45) is 0 Å². The first-order valence-electron chi connectivity index (χ1n) is 4.98. The lowest BCUT2D eigenvalue weighted by Gasteiger charge is -1.98. The number of nitrogens with one attached hydrogen (secondary N) is 2. The largest absolute Gasteiger partial charge is 0.464 e. The summed E-state index contributed by atoms with van der Waals surface area (Å²) in [6.07, 6.45) is 3.53. The Labute approximate surface area is 102 Å². The molecule has 0 radical (unpaired) electrons. The standard InChI is InChI=1S/C10H12N4O2S/c1-6-8(9(15)16-2)14-10(17-6)11-3-7-4-12-13-5-7/h4-5H,3H2,1-2H3,(H,11,14)(H,12,13). The van der Waals surface area contributed by atoms with Crippen LogP contribution in [0.3, 0.4) is 0 Å². The number of H-pyrrole nitrogens is 1. The Morgan fingerprint density at radius 1 is 1.65 bits per heavy atom. The molecule has 0 amide bonds. The molecule has 0 atom stereocenters. The van der Waals surface area contributed by atoms with Gasteiger partial charge in [-0.2, -0.15) is 5.10 Å². The first kappa shape index (κ1) is 11.6. The van der Waals surface area contributed by atoms with Crippen LogP contribution >= 0.6 is 11.3 Å². The molecule has 2 rings (SSSR count). The third kappa shape index (κ3) is 2.62. The van der Waals surface area contributed by atoms with Crippen LogP contribution in [0.2, 0.25) is 0 Å². The number of anilines is 1. The van der Waals surface area contributed by atoms with Crippen LogP contribution in [0.4, 0.5) is 5.13 Å². The Morgan fingerprint density at radius 2 is 2.47 bits per heavy atom. The second kappa shape index (κ2) is 4.96. The van der Waals surface area contributed by atoms with Crippen molar-refractivity contribution in [3.63, 3.8) is 0 Å². The summed E-state index contributed by atoms with van der Waals surface area (Å²) in [6.45, 7) is 2.46. The number of ether oxygens (including phenoxy) is 1. The number of aromatic nitrogens is 3. The van der Waals surface area contributed by atoms with Crippen LogP contribution in [0.15, 0.2) is 12.4 Å². The zero-order chi connectivity index (χ0) is 12.3. The summed E-state index contributed by atoms with van der Waals surface area (Å²) in [5, 5.41) is 10.4. The molecule has 0 spiro atoms. The number of aromatic amines is 1. The smallest absolute Gasteiger partial charge is 0.357 e. The minimum Gasteiger partial charge on any atom is -0.464 e. The third-order valence-corrected chi connectivity index (χ3v) is 3.10. The summed E-state index contributed by atoms with van der Waals surface area (Å²) in [5.41, 5.74) is 1.39. The Balaban J connectivity index is 2.05. The van der Waals surface area contributed by atoms with E-state index in [0.29, 0.717) is 17.4 Å². The maximum Gasteiger partial charge on any atom is 0.357 e. The van der Waals surface area contributed by atoms with Crippen molar-refractivity contribution < 1.29 is 9.53 Å². The molecule has 0 aliphatic heterocycles. The Bertz CT molecular complexity index is 506.